The highest BCUT2D eigenvalue weighted by atomic mass is 14.9. The van der Waals surface area contributed by atoms with Gasteiger partial charge in [0, 0.05) is 18.9 Å². The lowest BCUT2D eigenvalue weighted by Gasteiger charge is -2.12. The molecule has 0 fully saturated rings. The van der Waals surface area contributed by atoms with Crippen molar-refractivity contribution in [2.75, 3.05) is 13.1 Å². The number of rotatable bonds is 1. The summed E-state index contributed by atoms with van der Waals surface area (Å²) in [5.41, 5.74) is 2.37. The molecule has 0 saturated heterocycles. The quantitative estimate of drug-likeness (QED) is 0.560. The summed E-state index contributed by atoms with van der Waals surface area (Å²) in [6, 6.07) is 0. The molecule has 66 valence electrons. The fraction of sp³-hybridized carbons (Fsp3) is 0.333. The molecule has 0 aromatic carbocycles. The van der Waals surface area contributed by atoms with Crippen LogP contribution in [0.25, 0.3) is 5.57 Å². The predicted octanol–water partition coefficient (Wildman–Crippen LogP) is -0.888. The third-order valence-electron chi connectivity index (χ3n) is 2.13. The lowest BCUT2D eigenvalue weighted by Crippen LogP contribution is -2.21. The van der Waals surface area contributed by atoms with Crippen molar-refractivity contribution in [2.24, 2.45) is 0 Å². The second kappa shape index (κ2) is 3.70. The molecule has 3 nitrogen and oxygen atoms in total. The van der Waals surface area contributed by atoms with Crippen LogP contribution < -0.4 is 10.8 Å². The number of nitrogens with one attached hydrogen (secondary N) is 1. The van der Waals surface area contributed by atoms with Gasteiger partial charge >= 0.3 is 0 Å². The van der Waals surface area contributed by atoms with Crippen molar-refractivity contribution in [1.82, 2.24) is 15.3 Å². The molecule has 0 saturated carbocycles. The summed E-state index contributed by atoms with van der Waals surface area (Å²) in [7, 11) is 2.00. The zero-order valence-electron chi connectivity index (χ0n) is 7.75. The monoisotopic (exact) mass is 173 g/mol. The van der Waals surface area contributed by atoms with E-state index in [-0.39, 0.29) is 0 Å². The van der Waals surface area contributed by atoms with Crippen LogP contribution in [0.3, 0.4) is 0 Å². The molecule has 0 aliphatic carbocycles. The Kier molecular flexibility index (Phi) is 2.41. The van der Waals surface area contributed by atoms with Crippen molar-refractivity contribution in [1.29, 1.82) is 0 Å². The predicted molar refractivity (Wildman–Crippen MR) is 55.7 cm³/mol. The standard InChI is InChI=1S/C9H12BN3/c10-8-5-12-9(13-6-8)7-1-3-11-4-2-7/h1,5-6,11H,2-4,10H2. The van der Waals surface area contributed by atoms with Crippen molar-refractivity contribution >= 4 is 18.9 Å². The molecule has 0 bridgehead atoms. The smallest absolute Gasteiger partial charge is 0.154 e. The van der Waals surface area contributed by atoms with E-state index >= 15 is 0 Å². The van der Waals surface area contributed by atoms with Crippen molar-refractivity contribution < 1.29 is 0 Å². The average Bonchev–Trinajstić information content (AvgIpc) is 2.20. The van der Waals surface area contributed by atoms with Crippen LogP contribution >= 0.6 is 0 Å². The molecule has 4 heteroatoms. The lowest BCUT2D eigenvalue weighted by atomic mass is 10.0. The van der Waals surface area contributed by atoms with Crippen LogP contribution in [0.15, 0.2) is 18.5 Å². The van der Waals surface area contributed by atoms with Gasteiger partial charge in [-0.15, -0.1) is 0 Å². The second-order valence-electron chi connectivity index (χ2n) is 3.27. The molecule has 0 unspecified atom stereocenters. The summed E-state index contributed by atoms with van der Waals surface area (Å²) in [5.74, 6) is 0.882. The van der Waals surface area contributed by atoms with Gasteiger partial charge < -0.3 is 5.32 Å². The molecule has 1 aliphatic rings. The van der Waals surface area contributed by atoms with Crippen LogP contribution in [-0.2, 0) is 0 Å². The minimum Gasteiger partial charge on any atom is -0.313 e. The average molecular weight is 173 g/mol. The van der Waals surface area contributed by atoms with Gasteiger partial charge in [0.2, 0.25) is 0 Å². The Morgan fingerprint density at radius 1 is 1.31 bits per heavy atom. The van der Waals surface area contributed by atoms with Crippen molar-refractivity contribution in [2.45, 2.75) is 6.42 Å². The first-order valence-corrected chi connectivity index (χ1v) is 4.55. The maximum absolute atomic E-state index is 4.29. The molecule has 0 spiro atoms. The van der Waals surface area contributed by atoms with E-state index in [0.29, 0.717) is 0 Å². The van der Waals surface area contributed by atoms with Gasteiger partial charge in [0.1, 0.15) is 7.85 Å². The van der Waals surface area contributed by atoms with Crippen LogP contribution in [0.1, 0.15) is 12.2 Å². The highest BCUT2D eigenvalue weighted by Crippen LogP contribution is 2.13. The van der Waals surface area contributed by atoms with E-state index in [2.05, 4.69) is 21.4 Å². The van der Waals surface area contributed by atoms with Crippen LogP contribution in [-0.4, -0.2) is 30.9 Å². The maximum Gasteiger partial charge on any atom is 0.154 e. The Morgan fingerprint density at radius 2 is 2.08 bits per heavy atom. The minimum atomic E-state index is 0.882. The Balaban J connectivity index is 2.24. The van der Waals surface area contributed by atoms with Gasteiger partial charge in [-0.3, -0.25) is 0 Å². The topological polar surface area (TPSA) is 37.8 Å². The van der Waals surface area contributed by atoms with Gasteiger partial charge in [0.25, 0.3) is 0 Å². The maximum atomic E-state index is 4.29. The van der Waals surface area contributed by atoms with E-state index in [1.807, 2.05) is 20.2 Å². The summed E-state index contributed by atoms with van der Waals surface area (Å²) in [5, 5.41) is 3.26. The molecule has 1 aromatic heterocycles. The third kappa shape index (κ3) is 1.95. The summed E-state index contributed by atoms with van der Waals surface area (Å²) in [6.07, 6.45) is 6.92. The molecule has 0 amide bonds. The molecule has 2 rings (SSSR count). The van der Waals surface area contributed by atoms with Crippen molar-refractivity contribution in [3.8, 4) is 0 Å². The highest BCUT2D eigenvalue weighted by Gasteiger charge is 2.07. The van der Waals surface area contributed by atoms with E-state index in [9.17, 15) is 0 Å². The van der Waals surface area contributed by atoms with Crippen LogP contribution in [0, 0.1) is 0 Å². The number of hydrogen-bond acceptors (Lipinski definition) is 3. The van der Waals surface area contributed by atoms with Gasteiger partial charge in [-0.2, -0.15) is 0 Å². The van der Waals surface area contributed by atoms with Crippen LogP contribution in [0.5, 0.6) is 0 Å². The molecule has 13 heavy (non-hydrogen) atoms. The molecule has 1 N–H and O–H groups in total. The van der Waals surface area contributed by atoms with E-state index in [1.165, 1.54) is 5.57 Å². The molecular weight excluding hydrogens is 161 g/mol. The fourth-order valence-electron chi connectivity index (χ4n) is 1.38. The summed E-state index contributed by atoms with van der Waals surface area (Å²) < 4.78 is 0. The summed E-state index contributed by atoms with van der Waals surface area (Å²) >= 11 is 0. The molecule has 0 atom stereocenters. The van der Waals surface area contributed by atoms with Gasteiger partial charge in [0.15, 0.2) is 5.82 Å². The second-order valence-corrected chi connectivity index (χ2v) is 3.27. The largest absolute Gasteiger partial charge is 0.313 e. The first kappa shape index (κ1) is 8.44. The zero-order chi connectivity index (χ0) is 9.10. The number of aromatic nitrogens is 2. The SMILES string of the molecule is Bc1cnc(C2=CCNCC2)nc1. The van der Waals surface area contributed by atoms with Gasteiger partial charge in [-0.05, 0) is 18.5 Å². The zero-order valence-corrected chi connectivity index (χ0v) is 7.75. The van der Waals surface area contributed by atoms with Crippen LogP contribution in [0.2, 0.25) is 0 Å². The molecule has 1 aromatic rings. The summed E-state index contributed by atoms with van der Waals surface area (Å²) in [4.78, 5) is 8.59. The normalized spacial score (nSPS) is 16.8. The van der Waals surface area contributed by atoms with E-state index in [0.717, 1.165) is 30.8 Å². The Morgan fingerprint density at radius 3 is 2.69 bits per heavy atom. The molecule has 2 heterocycles. The molecular formula is C9H12BN3. The van der Waals surface area contributed by atoms with Crippen LogP contribution in [0.4, 0.5) is 0 Å². The van der Waals surface area contributed by atoms with Gasteiger partial charge in [-0.25, -0.2) is 9.97 Å². The van der Waals surface area contributed by atoms with Gasteiger partial charge in [0.05, 0.1) is 0 Å². The number of nitrogens with zero attached hydrogens (tertiary/aromatic N) is 2. The number of hydrogen-bond donors (Lipinski definition) is 1. The highest BCUT2D eigenvalue weighted by molar-refractivity contribution is 6.31. The minimum absolute atomic E-state index is 0.882. The lowest BCUT2D eigenvalue weighted by molar-refractivity contribution is 0.734. The van der Waals surface area contributed by atoms with Crippen molar-refractivity contribution in [3.63, 3.8) is 0 Å². The van der Waals surface area contributed by atoms with E-state index in [1.54, 1.807) is 0 Å². The van der Waals surface area contributed by atoms with Gasteiger partial charge in [-0.1, -0.05) is 11.5 Å². The fourth-order valence-corrected chi connectivity index (χ4v) is 1.38. The molecule has 1 aliphatic heterocycles. The molecule has 0 radical (unpaired) electrons. The van der Waals surface area contributed by atoms with E-state index < -0.39 is 0 Å². The Labute approximate surface area is 78.7 Å². The van der Waals surface area contributed by atoms with E-state index in [4.69, 9.17) is 0 Å². The Hall–Kier alpha value is -1.16. The summed E-state index contributed by atoms with van der Waals surface area (Å²) in [6.45, 7) is 1.97. The third-order valence-corrected chi connectivity index (χ3v) is 2.13. The Bertz CT molecular complexity index is 318. The first-order chi connectivity index (χ1) is 6.36. The van der Waals surface area contributed by atoms with Crippen molar-refractivity contribution in [3.05, 3.63) is 24.3 Å². The first-order valence-electron chi connectivity index (χ1n) is 4.55.